The van der Waals surface area contributed by atoms with Crippen molar-refractivity contribution in [2.45, 2.75) is 12.8 Å². The minimum absolute atomic E-state index is 0.0667. The number of hydrogen-bond donors (Lipinski definition) is 1. The Balaban J connectivity index is 1.24. The largest absolute Gasteiger partial charge is 0.372 e. The van der Waals surface area contributed by atoms with E-state index < -0.39 is 0 Å². The van der Waals surface area contributed by atoms with Crippen LogP contribution in [0.15, 0.2) is 54.6 Å². The predicted molar refractivity (Wildman–Crippen MR) is 112 cm³/mol. The second kappa shape index (κ2) is 8.44. The molecule has 2 aliphatic heterocycles. The van der Waals surface area contributed by atoms with Crippen molar-refractivity contribution in [2.75, 3.05) is 60.9 Å². The van der Waals surface area contributed by atoms with E-state index in [1.54, 1.807) is 0 Å². The fourth-order valence-electron chi connectivity index (χ4n) is 3.94. The first kappa shape index (κ1) is 17.9. The minimum Gasteiger partial charge on any atom is -0.372 e. The van der Waals surface area contributed by atoms with Gasteiger partial charge in [-0.25, -0.2) is 0 Å². The molecule has 27 heavy (non-hydrogen) atoms. The van der Waals surface area contributed by atoms with Crippen LogP contribution < -0.4 is 15.1 Å². The van der Waals surface area contributed by atoms with E-state index in [0.717, 1.165) is 45.0 Å². The molecule has 142 valence electrons. The highest BCUT2D eigenvalue weighted by Gasteiger charge is 2.19. The molecular weight excluding hydrogens is 336 g/mol. The smallest absolute Gasteiger partial charge is 0.238 e. The number of nitrogens with zero attached hydrogens (tertiary/aromatic N) is 3. The highest BCUT2D eigenvalue weighted by atomic mass is 16.2. The van der Waals surface area contributed by atoms with Gasteiger partial charge in [-0.1, -0.05) is 18.2 Å². The molecule has 2 heterocycles. The van der Waals surface area contributed by atoms with Crippen LogP contribution in [-0.2, 0) is 4.79 Å². The maximum absolute atomic E-state index is 12.4. The van der Waals surface area contributed by atoms with Crippen molar-refractivity contribution in [2.24, 2.45) is 0 Å². The summed E-state index contributed by atoms with van der Waals surface area (Å²) < 4.78 is 0. The summed E-state index contributed by atoms with van der Waals surface area (Å²) in [5.74, 6) is 0.0667. The second-order valence-corrected chi connectivity index (χ2v) is 7.39. The number of rotatable bonds is 5. The maximum Gasteiger partial charge on any atom is 0.238 e. The molecule has 4 rings (SSSR count). The van der Waals surface area contributed by atoms with Gasteiger partial charge in [0.05, 0.1) is 6.54 Å². The molecule has 2 aromatic carbocycles. The molecule has 5 heteroatoms. The number of nitrogens with one attached hydrogen (secondary N) is 1. The lowest BCUT2D eigenvalue weighted by Gasteiger charge is -2.35. The molecule has 1 amide bonds. The quantitative estimate of drug-likeness (QED) is 0.885. The normalized spacial score (nSPS) is 17.9. The summed E-state index contributed by atoms with van der Waals surface area (Å²) in [6, 6.07) is 18.7. The zero-order valence-electron chi connectivity index (χ0n) is 15.8. The van der Waals surface area contributed by atoms with E-state index in [9.17, 15) is 4.79 Å². The summed E-state index contributed by atoms with van der Waals surface area (Å²) in [6.07, 6.45) is 2.55. The number of carbonyl (C=O) groups excluding carboxylic acids is 1. The summed E-state index contributed by atoms with van der Waals surface area (Å²) >= 11 is 0. The van der Waals surface area contributed by atoms with Crippen LogP contribution in [0.25, 0.3) is 0 Å². The molecule has 0 radical (unpaired) electrons. The van der Waals surface area contributed by atoms with E-state index in [1.165, 1.54) is 24.2 Å². The van der Waals surface area contributed by atoms with E-state index in [1.807, 2.05) is 18.2 Å². The third-order valence-corrected chi connectivity index (χ3v) is 5.48. The van der Waals surface area contributed by atoms with Crippen molar-refractivity contribution < 1.29 is 4.79 Å². The zero-order chi connectivity index (χ0) is 18.5. The molecule has 0 saturated carbocycles. The minimum atomic E-state index is 0.0667. The first-order valence-corrected chi connectivity index (χ1v) is 9.95. The van der Waals surface area contributed by atoms with Crippen LogP contribution >= 0.6 is 0 Å². The van der Waals surface area contributed by atoms with Gasteiger partial charge in [0.25, 0.3) is 0 Å². The fourth-order valence-corrected chi connectivity index (χ4v) is 3.94. The van der Waals surface area contributed by atoms with Gasteiger partial charge in [-0.3, -0.25) is 9.69 Å². The topological polar surface area (TPSA) is 38.8 Å². The van der Waals surface area contributed by atoms with E-state index >= 15 is 0 Å². The Bertz CT molecular complexity index is 733. The Morgan fingerprint density at radius 2 is 1.33 bits per heavy atom. The Labute approximate surface area is 161 Å². The van der Waals surface area contributed by atoms with Gasteiger partial charge in [0.15, 0.2) is 0 Å². The highest BCUT2D eigenvalue weighted by molar-refractivity contribution is 5.92. The van der Waals surface area contributed by atoms with Gasteiger partial charge in [0, 0.05) is 56.3 Å². The van der Waals surface area contributed by atoms with Gasteiger partial charge in [-0.15, -0.1) is 0 Å². The van der Waals surface area contributed by atoms with Crippen LogP contribution in [0.5, 0.6) is 0 Å². The fraction of sp³-hybridized carbons (Fsp3) is 0.409. The number of anilines is 3. The lowest BCUT2D eigenvalue weighted by Crippen LogP contribution is -2.48. The number of hydrogen-bond acceptors (Lipinski definition) is 4. The monoisotopic (exact) mass is 364 g/mol. The number of amides is 1. The van der Waals surface area contributed by atoms with E-state index in [-0.39, 0.29) is 5.91 Å². The summed E-state index contributed by atoms with van der Waals surface area (Å²) in [6.45, 7) is 6.48. The first-order valence-electron chi connectivity index (χ1n) is 9.95. The standard InChI is InChI=1S/C22H28N4O/c27-22(23-19-8-10-21(11-9-19)25-12-4-5-13-25)18-24-14-16-26(17-15-24)20-6-2-1-3-7-20/h1-3,6-11H,4-5,12-18H2,(H,23,27). The zero-order valence-corrected chi connectivity index (χ0v) is 15.8. The molecule has 1 N–H and O–H groups in total. The second-order valence-electron chi connectivity index (χ2n) is 7.39. The molecule has 2 aromatic rings. The first-order chi connectivity index (χ1) is 13.3. The average Bonchev–Trinajstić information content (AvgIpc) is 3.25. The maximum atomic E-state index is 12.4. The van der Waals surface area contributed by atoms with Crippen molar-refractivity contribution in [1.29, 1.82) is 0 Å². The molecule has 0 unspecified atom stereocenters. The summed E-state index contributed by atoms with van der Waals surface area (Å²) in [5, 5.41) is 3.04. The van der Waals surface area contributed by atoms with Crippen LogP contribution in [0.2, 0.25) is 0 Å². The molecule has 0 aromatic heterocycles. The Kier molecular flexibility index (Phi) is 5.58. The highest BCUT2D eigenvalue weighted by Crippen LogP contribution is 2.22. The molecule has 5 nitrogen and oxygen atoms in total. The van der Waals surface area contributed by atoms with E-state index in [2.05, 4.69) is 56.4 Å². The third kappa shape index (κ3) is 4.61. The van der Waals surface area contributed by atoms with Crippen molar-refractivity contribution in [3.05, 3.63) is 54.6 Å². The van der Waals surface area contributed by atoms with Crippen molar-refractivity contribution in [3.63, 3.8) is 0 Å². The molecular formula is C22H28N4O. The van der Waals surface area contributed by atoms with Crippen LogP contribution in [0.1, 0.15) is 12.8 Å². The lowest BCUT2D eigenvalue weighted by molar-refractivity contribution is -0.117. The van der Waals surface area contributed by atoms with Gasteiger partial charge >= 0.3 is 0 Å². The molecule has 0 atom stereocenters. The van der Waals surface area contributed by atoms with Crippen molar-refractivity contribution >= 4 is 23.0 Å². The van der Waals surface area contributed by atoms with Gasteiger partial charge in [0.2, 0.25) is 5.91 Å². The summed E-state index contributed by atoms with van der Waals surface area (Å²) in [7, 11) is 0. The van der Waals surface area contributed by atoms with Crippen molar-refractivity contribution in [3.8, 4) is 0 Å². The predicted octanol–water partition coefficient (Wildman–Crippen LogP) is 3.05. The van der Waals surface area contributed by atoms with Crippen LogP contribution in [-0.4, -0.2) is 56.6 Å². The van der Waals surface area contributed by atoms with E-state index in [4.69, 9.17) is 0 Å². The van der Waals surface area contributed by atoms with Gasteiger partial charge in [-0.05, 0) is 49.2 Å². The van der Waals surface area contributed by atoms with Gasteiger partial charge in [0.1, 0.15) is 0 Å². The molecule has 2 aliphatic rings. The average molecular weight is 364 g/mol. The Morgan fingerprint density at radius 1 is 0.741 bits per heavy atom. The van der Waals surface area contributed by atoms with E-state index in [0.29, 0.717) is 6.54 Å². The van der Waals surface area contributed by atoms with Crippen LogP contribution in [0.4, 0.5) is 17.1 Å². The SMILES string of the molecule is O=C(CN1CCN(c2ccccc2)CC1)Nc1ccc(N2CCCC2)cc1. The Hall–Kier alpha value is -2.53. The molecule has 2 saturated heterocycles. The van der Waals surface area contributed by atoms with Crippen molar-refractivity contribution in [1.82, 2.24) is 4.90 Å². The van der Waals surface area contributed by atoms with Gasteiger partial charge < -0.3 is 15.1 Å². The molecule has 0 aliphatic carbocycles. The summed E-state index contributed by atoms with van der Waals surface area (Å²) in [4.78, 5) is 19.4. The Morgan fingerprint density at radius 3 is 2.00 bits per heavy atom. The number of benzene rings is 2. The number of carbonyl (C=O) groups is 1. The number of para-hydroxylation sites is 1. The number of piperazine rings is 1. The third-order valence-electron chi connectivity index (χ3n) is 5.48. The molecule has 0 bridgehead atoms. The van der Waals surface area contributed by atoms with Crippen LogP contribution in [0.3, 0.4) is 0 Å². The summed E-state index contributed by atoms with van der Waals surface area (Å²) in [5.41, 5.74) is 3.40. The van der Waals surface area contributed by atoms with Gasteiger partial charge in [-0.2, -0.15) is 0 Å². The molecule has 2 fully saturated rings. The van der Waals surface area contributed by atoms with Crippen LogP contribution in [0, 0.1) is 0 Å². The molecule has 0 spiro atoms. The lowest BCUT2D eigenvalue weighted by atomic mass is 10.2.